The normalized spacial score (nSPS) is 28.9. The maximum absolute atomic E-state index is 11.8. The predicted octanol–water partition coefficient (Wildman–Crippen LogP) is -0.226. The highest BCUT2D eigenvalue weighted by atomic mass is 32.1. The third kappa shape index (κ3) is 3.76. The molecule has 1 aromatic heterocycles. The summed E-state index contributed by atoms with van der Waals surface area (Å²) in [6.07, 6.45) is 2.13. The van der Waals surface area contributed by atoms with Crippen LogP contribution in [0.25, 0.3) is 0 Å². The molecule has 0 bridgehead atoms. The maximum atomic E-state index is 11.8. The van der Waals surface area contributed by atoms with Gasteiger partial charge in [-0.3, -0.25) is 10.1 Å². The highest BCUT2D eigenvalue weighted by Gasteiger charge is 2.27. The number of hydrogen-bond acceptors (Lipinski definition) is 4. The van der Waals surface area contributed by atoms with Gasteiger partial charge in [-0.2, -0.15) is 0 Å². The molecule has 1 aromatic rings. The quantitative estimate of drug-likeness (QED) is 0.786. The summed E-state index contributed by atoms with van der Waals surface area (Å²) in [4.78, 5) is 17.1. The van der Waals surface area contributed by atoms with E-state index in [1.165, 1.54) is 16.2 Å². The first-order valence-electron chi connectivity index (χ1n) is 5.82. The van der Waals surface area contributed by atoms with Crippen LogP contribution in [0, 0.1) is 0 Å². The molecule has 0 spiro atoms. The molecule has 2 rings (SSSR count). The number of nitrogens with one attached hydrogen (secondary N) is 2. The Kier molecular flexibility index (Phi) is 4.09. The average molecular weight is 256 g/mol. The zero-order valence-electron chi connectivity index (χ0n) is 10.1. The number of morpholine rings is 1. The number of carbonyl (C=O) groups is 1. The number of rotatable bonds is 3. The van der Waals surface area contributed by atoms with E-state index in [0.717, 1.165) is 13.1 Å². The number of nitrogens with zero attached hydrogens (tertiary/aromatic N) is 1. The Morgan fingerprint density at radius 3 is 2.88 bits per heavy atom. The molecule has 2 N–H and O–H groups in total. The number of hydrogen-bond donors (Lipinski definition) is 2. The molecule has 6 heteroatoms. The molecule has 0 aromatic carbocycles. The molecule has 1 aliphatic rings. The Hall–Kier alpha value is -0.980. The molecule has 2 heterocycles. The van der Waals surface area contributed by atoms with Gasteiger partial charge in [0, 0.05) is 11.6 Å². The Balaban J connectivity index is 1.82. The second-order valence-electron chi connectivity index (χ2n) is 4.48. The molecule has 0 unspecified atom stereocenters. The lowest BCUT2D eigenvalue weighted by Crippen LogP contribution is -3.16. The summed E-state index contributed by atoms with van der Waals surface area (Å²) in [5.41, 5.74) is 0. The molecule has 17 heavy (non-hydrogen) atoms. The third-order valence-electron chi connectivity index (χ3n) is 2.71. The summed E-state index contributed by atoms with van der Waals surface area (Å²) >= 11 is 1.44. The minimum Gasteiger partial charge on any atom is -0.364 e. The van der Waals surface area contributed by atoms with Gasteiger partial charge in [0.2, 0.25) is 0 Å². The van der Waals surface area contributed by atoms with Crippen LogP contribution < -0.4 is 10.2 Å². The van der Waals surface area contributed by atoms with E-state index in [1.807, 2.05) is 19.2 Å². The number of amides is 1. The van der Waals surface area contributed by atoms with Gasteiger partial charge in [0.05, 0.1) is 0 Å². The van der Waals surface area contributed by atoms with Crippen LogP contribution in [-0.2, 0) is 9.53 Å². The lowest BCUT2D eigenvalue weighted by atomic mass is 10.2. The molecule has 1 amide bonds. The van der Waals surface area contributed by atoms with Crippen LogP contribution in [0.2, 0.25) is 0 Å². The van der Waals surface area contributed by atoms with Crippen LogP contribution in [0.1, 0.15) is 13.8 Å². The minimum atomic E-state index is 0.0243. The molecule has 2 atom stereocenters. The Morgan fingerprint density at radius 2 is 2.29 bits per heavy atom. The van der Waals surface area contributed by atoms with Crippen molar-refractivity contribution >= 4 is 22.4 Å². The fourth-order valence-corrected chi connectivity index (χ4v) is 2.75. The second kappa shape index (κ2) is 5.57. The van der Waals surface area contributed by atoms with Crippen molar-refractivity contribution in [3.63, 3.8) is 0 Å². The highest BCUT2D eigenvalue weighted by molar-refractivity contribution is 7.13. The van der Waals surface area contributed by atoms with Crippen molar-refractivity contribution in [2.75, 3.05) is 25.0 Å². The van der Waals surface area contributed by atoms with E-state index in [9.17, 15) is 4.79 Å². The molecule has 0 saturated carbocycles. The van der Waals surface area contributed by atoms with Gasteiger partial charge < -0.3 is 9.64 Å². The van der Waals surface area contributed by atoms with Crippen molar-refractivity contribution in [1.82, 2.24) is 4.98 Å². The molecule has 5 nitrogen and oxygen atoms in total. The monoisotopic (exact) mass is 256 g/mol. The van der Waals surface area contributed by atoms with Crippen LogP contribution in [-0.4, -0.2) is 42.7 Å². The van der Waals surface area contributed by atoms with Gasteiger partial charge in [0.1, 0.15) is 25.3 Å². The number of aromatic nitrogens is 1. The topological polar surface area (TPSA) is 55.7 Å². The summed E-state index contributed by atoms with van der Waals surface area (Å²) in [5, 5.41) is 5.32. The zero-order valence-corrected chi connectivity index (χ0v) is 10.9. The zero-order chi connectivity index (χ0) is 12.3. The molecule has 0 aliphatic carbocycles. The van der Waals surface area contributed by atoms with Crippen LogP contribution >= 0.6 is 11.3 Å². The SMILES string of the molecule is C[C@H]1C[NH+](CC(=O)Nc2nccs2)C[C@H](C)O1. The third-order valence-corrected chi connectivity index (χ3v) is 3.39. The van der Waals surface area contributed by atoms with Gasteiger partial charge in [-0.15, -0.1) is 11.3 Å². The van der Waals surface area contributed by atoms with Gasteiger partial charge in [0.25, 0.3) is 5.91 Å². The number of ether oxygens (including phenoxy) is 1. The molecule has 0 radical (unpaired) electrons. The van der Waals surface area contributed by atoms with E-state index >= 15 is 0 Å². The van der Waals surface area contributed by atoms with Crippen LogP contribution in [0.4, 0.5) is 5.13 Å². The molecular weight excluding hydrogens is 238 g/mol. The number of thiazole rings is 1. The highest BCUT2D eigenvalue weighted by Crippen LogP contribution is 2.09. The summed E-state index contributed by atoms with van der Waals surface area (Å²) < 4.78 is 5.64. The van der Waals surface area contributed by atoms with E-state index in [4.69, 9.17) is 4.74 Å². The lowest BCUT2D eigenvalue weighted by Gasteiger charge is -2.31. The largest absolute Gasteiger partial charge is 0.364 e. The first kappa shape index (κ1) is 12.5. The molecule has 1 fully saturated rings. The van der Waals surface area contributed by atoms with Gasteiger partial charge in [-0.05, 0) is 13.8 Å². The molecular formula is C11H18N3O2S+. The molecule has 1 saturated heterocycles. The smallest absolute Gasteiger partial charge is 0.281 e. The Labute approximate surface area is 105 Å². The van der Waals surface area contributed by atoms with Gasteiger partial charge in [-0.1, -0.05) is 0 Å². The van der Waals surface area contributed by atoms with E-state index in [2.05, 4.69) is 10.3 Å². The van der Waals surface area contributed by atoms with Crippen molar-refractivity contribution < 1.29 is 14.4 Å². The maximum Gasteiger partial charge on any atom is 0.281 e. The lowest BCUT2D eigenvalue weighted by molar-refractivity contribution is -0.907. The van der Waals surface area contributed by atoms with Gasteiger partial charge in [0.15, 0.2) is 11.7 Å². The van der Waals surface area contributed by atoms with Crippen molar-refractivity contribution in [3.05, 3.63) is 11.6 Å². The van der Waals surface area contributed by atoms with Crippen molar-refractivity contribution in [3.8, 4) is 0 Å². The summed E-state index contributed by atoms with van der Waals surface area (Å²) in [7, 11) is 0. The number of quaternary nitrogens is 1. The van der Waals surface area contributed by atoms with E-state index in [1.54, 1.807) is 6.20 Å². The first-order valence-corrected chi connectivity index (χ1v) is 6.70. The first-order chi connectivity index (χ1) is 8.13. The van der Waals surface area contributed by atoms with Gasteiger partial charge in [-0.25, -0.2) is 4.98 Å². The summed E-state index contributed by atoms with van der Waals surface area (Å²) in [6, 6.07) is 0. The standard InChI is InChI=1S/C11H17N3O2S/c1-8-5-14(6-9(2)16-8)7-10(15)13-11-12-3-4-17-11/h3-4,8-9H,5-7H2,1-2H3,(H,12,13,15)/p+1/t8-,9-/m0/s1. The predicted molar refractivity (Wildman–Crippen MR) is 66.3 cm³/mol. The van der Waals surface area contributed by atoms with Gasteiger partial charge >= 0.3 is 0 Å². The van der Waals surface area contributed by atoms with Crippen LogP contribution in [0.15, 0.2) is 11.6 Å². The van der Waals surface area contributed by atoms with Crippen LogP contribution in [0.5, 0.6) is 0 Å². The molecule has 1 aliphatic heterocycles. The van der Waals surface area contributed by atoms with E-state index in [0.29, 0.717) is 11.7 Å². The van der Waals surface area contributed by atoms with Crippen LogP contribution in [0.3, 0.4) is 0 Å². The minimum absolute atomic E-state index is 0.0243. The average Bonchev–Trinajstić information content (AvgIpc) is 2.67. The Morgan fingerprint density at radius 1 is 1.59 bits per heavy atom. The molecule has 94 valence electrons. The van der Waals surface area contributed by atoms with Crippen molar-refractivity contribution in [2.45, 2.75) is 26.1 Å². The second-order valence-corrected chi connectivity index (χ2v) is 5.37. The number of carbonyl (C=O) groups excluding carboxylic acids is 1. The fourth-order valence-electron chi connectivity index (χ4n) is 2.21. The van der Waals surface area contributed by atoms with E-state index in [-0.39, 0.29) is 18.1 Å². The summed E-state index contributed by atoms with van der Waals surface area (Å²) in [5.74, 6) is 0.0243. The number of anilines is 1. The van der Waals surface area contributed by atoms with Crippen molar-refractivity contribution in [1.29, 1.82) is 0 Å². The fraction of sp³-hybridized carbons (Fsp3) is 0.636. The Bertz CT molecular complexity index is 359. The van der Waals surface area contributed by atoms with Crippen molar-refractivity contribution in [2.24, 2.45) is 0 Å². The summed E-state index contributed by atoms with van der Waals surface area (Å²) in [6.45, 7) is 6.35. The van der Waals surface area contributed by atoms with E-state index < -0.39 is 0 Å².